The van der Waals surface area contributed by atoms with E-state index in [0.717, 1.165) is 17.2 Å². The van der Waals surface area contributed by atoms with E-state index >= 15 is 0 Å². The number of hydrogen-bond acceptors (Lipinski definition) is 20. The van der Waals surface area contributed by atoms with Gasteiger partial charge in [-0.25, -0.2) is 42.1 Å². The van der Waals surface area contributed by atoms with Crippen LogP contribution < -0.4 is 22.5 Å². The molecule has 5 heterocycles. The van der Waals surface area contributed by atoms with Gasteiger partial charge in [-0.1, -0.05) is 6.08 Å². The molecule has 2 aliphatic heterocycles. The van der Waals surface area contributed by atoms with Gasteiger partial charge in [-0.3, -0.25) is 27.5 Å². The average Bonchev–Trinajstić information content (AvgIpc) is 3.82. The first-order valence-corrected chi connectivity index (χ1v) is 22.1. The van der Waals surface area contributed by atoms with Crippen LogP contribution in [0.25, 0.3) is 11.2 Å². The van der Waals surface area contributed by atoms with Crippen molar-refractivity contribution in [3.8, 4) is 0 Å². The average molecular weight is 882 g/mol. The zero-order valence-corrected chi connectivity index (χ0v) is 33.0. The minimum Gasteiger partial charge on any atom is -0.455 e. The molecular weight excluding hydrogens is 840 g/mol. The summed E-state index contributed by atoms with van der Waals surface area (Å²) in [5.74, 6) is -2.54. The summed E-state index contributed by atoms with van der Waals surface area (Å²) in [6, 6.07) is -0.286. The smallest absolute Gasteiger partial charge is 0.455 e. The van der Waals surface area contributed by atoms with E-state index in [1.807, 2.05) is 0 Å². The summed E-state index contributed by atoms with van der Waals surface area (Å²) in [5, 5.41) is 13.9. The summed E-state index contributed by atoms with van der Waals surface area (Å²) in [6.45, 7) is 1.70. The molecule has 1 amide bonds. The number of nitrogen functional groups attached to an aromatic ring is 2. The number of imidazole rings is 1. The Kier molecular flexibility index (Phi) is 14.2. The van der Waals surface area contributed by atoms with Gasteiger partial charge in [0.05, 0.1) is 25.3 Å². The minimum atomic E-state index is -5.26. The third-order valence-electron chi connectivity index (χ3n) is 8.62. The number of nitrogens with zero attached hydrogens (tertiary/aromatic N) is 6. The number of sulfone groups is 1. The number of carbonyl (C=O) groups is 2. The Hall–Kier alpha value is -4.24. The lowest BCUT2D eigenvalue weighted by Gasteiger charge is -2.25. The zero-order chi connectivity index (χ0) is 42.6. The summed E-state index contributed by atoms with van der Waals surface area (Å²) >= 11 is 0. The van der Waals surface area contributed by atoms with Gasteiger partial charge in [0.15, 0.2) is 23.8 Å². The standard InChI is InChI=1S/C29H41N9O17P2S/c1-3-4-5-20(39)35-15(7-9-58(2,48)49)28(41)54-24-18(53-27(23(24)40)38-14-34-22-25(31)32-13-33-26(22)38)12-51-57(46,47)55-16-10-21(37-8-6-19(30)36-29(37)42)52-17(16)11-50-56(43,44)45/h3,6,8,13-18,21,23-24,27,40H,1,4-5,7,9-12H2,2H3,(H,35,39)(H,46,47)(H2,30,36,42)(H2,31,32,33)(H2,43,44,45)/t15?,16-,17-,18+,21+,23+,24+,27+/m0/s1. The van der Waals surface area contributed by atoms with Gasteiger partial charge in [0.2, 0.25) is 5.91 Å². The molecular formula is C29H41N9O17P2S. The van der Waals surface area contributed by atoms with Crippen LogP contribution in [0.3, 0.4) is 0 Å². The molecule has 0 radical (unpaired) electrons. The number of aliphatic hydroxyl groups is 1. The number of nitrogens with two attached hydrogens (primary N) is 2. The number of aromatic nitrogens is 6. The monoisotopic (exact) mass is 881 g/mol. The maximum Gasteiger partial charge on any atom is 0.472 e. The molecule has 2 aliphatic rings. The molecule has 5 rings (SSSR count). The van der Waals surface area contributed by atoms with E-state index in [1.165, 1.54) is 29.2 Å². The maximum absolute atomic E-state index is 13.6. The van der Waals surface area contributed by atoms with Gasteiger partial charge in [-0.05, 0) is 18.9 Å². The number of amides is 1. The number of aliphatic hydroxyl groups excluding tert-OH is 1. The van der Waals surface area contributed by atoms with Crippen LogP contribution in [0.2, 0.25) is 0 Å². The molecule has 3 aromatic rings. The van der Waals surface area contributed by atoms with Crippen LogP contribution in [0, 0.1) is 0 Å². The van der Waals surface area contributed by atoms with Crippen molar-refractivity contribution in [1.82, 2.24) is 34.4 Å². The van der Waals surface area contributed by atoms with E-state index in [1.54, 1.807) is 0 Å². The van der Waals surface area contributed by atoms with Gasteiger partial charge in [-0.15, -0.1) is 6.58 Å². The highest BCUT2D eigenvalue weighted by Crippen LogP contribution is 2.50. The summed E-state index contributed by atoms with van der Waals surface area (Å²) in [4.78, 5) is 83.7. The Morgan fingerprint density at radius 1 is 1.12 bits per heavy atom. The van der Waals surface area contributed by atoms with E-state index < -0.39 is 117 Å². The van der Waals surface area contributed by atoms with Gasteiger partial charge >= 0.3 is 27.3 Å². The third kappa shape index (κ3) is 11.7. The molecule has 9 atom stereocenters. The van der Waals surface area contributed by atoms with Crippen LogP contribution in [0.15, 0.2) is 42.4 Å². The summed E-state index contributed by atoms with van der Waals surface area (Å²) in [5.41, 5.74) is 10.7. The number of rotatable bonds is 19. The van der Waals surface area contributed by atoms with E-state index in [2.05, 4.69) is 36.4 Å². The molecule has 320 valence electrons. The van der Waals surface area contributed by atoms with E-state index in [0.29, 0.717) is 0 Å². The molecule has 2 fully saturated rings. The number of allylic oxidation sites excluding steroid dienone is 1. The number of esters is 1. The number of hydrogen-bond donors (Lipinski definition) is 7. The molecule has 0 aliphatic carbocycles. The predicted molar refractivity (Wildman–Crippen MR) is 195 cm³/mol. The fourth-order valence-electron chi connectivity index (χ4n) is 5.90. The van der Waals surface area contributed by atoms with E-state index in [9.17, 15) is 51.7 Å². The molecule has 58 heavy (non-hydrogen) atoms. The molecule has 29 heteroatoms. The van der Waals surface area contributed by atoms with Crippen LogP contribution >= 0.6 is 15.6 Å². The van der Waals surface area contributed by atoms with Gasteiger partial charge in [0.25, 0.3) is 0 Å². The molecule has 2 saturated heterocycles. The Bertz CT molecular complexity index is 2260. The highest BCUT2D eigenvalue weighted by molar-refractivity contribution is 7.90. The topological polar surface area (TPSA) is 381 Å². The third-order valence-corrected chi connectivity index (χ3v) is 11.1. The molecule has 3 aromatic heterocycles. The van der Waals surface area contributed by atoms with Crippen LogP contribution in [0.5, 0.6) is 0 Å². The molecule has 0 spiro atoms. The van der Waals surface area contributed by atoms with Gasteiger partial charge < -0.3 is 50.8 Å². The lowest BCUT2D eigenvalue weighted by atomic mass is 10.1. The number of fused-ring (bicyclic) bond motifs is 1. The highest BCUT2D eigenvalue weighted by atomic mass is 32.2. The number of ether oxygens (including phenoxy) is 3. The van der Waals surface area contributed by atoms with Crippen molar-refractivity contribution >= 4 is 60.2 Å². The predicted octanol–water partition coefficient (Wildman–Crippen LogP) is -1.80. The summed E-state index contributed by atoms with van der Waals surface area (Å²) < 4.78 is 83.3. The summed E-state index contributed by atoms with van der Waals surface area (Å²) in [6.07, 6.45) is -5.67. The molecule has 2 unspecified atom stereocenters. The first-order chi connectivity index (χ1) is 27.1. The fourth-order valence-corrected chi connectivity index (χ4v) is 7.86. The first kappa shape index (κ1) is 44.9. The number of anilines is 2. The quantitative estimate of drug-likeness (QED) is 0.0397. The van der Waals surface area contributed by atoms with Crippen molar-refractivity contribution in [1.29, 1.82) is 0 Å². The van der Waals surface area contributed by atoms with Crippen molar-refractivity contribution in [2.45, 2.75) is 74.7 Å². The van der Waals surface area contributed by atoms with Crippen molar-refractivity contribution in [2.75, 3.05) is 36.7 Å². The number of phosphoric ester groups is 2. The zero-order valence-electron chi connectivity index (χ0n) is 30.4. The van der Waals surface area contributed by atoms with Crippen molar-refractivity contribution in [2.24, 2.45) is 0 Å². The van der Waals surface area contributed by atoms with Crippen LogP contribution in [-0.4, -0.2) is 131 Å². The van der Waals surface area contributed by atoms with Crippen molar-refractivity contribution in [3.05, 3.63) is 48.1 Å². The van der Waals surface area contributed by atoms with Crippen LogP contribution in [0.1, 0.15) is 38.1 Å². The number of nitrogens with one attached hydrogen (secondary N) is 1. The second kappa shape index (κ2) is 18.4. The lowest BCUT2D eigenvalue weighted by Crippen LogP contribution is -2.47. The molecule has 0 saturated carbocycles. The fraction of sp³-hybridized carbons (Fsp3) is 0.552. The van der Waals surface area contributed by atoms with E-state index in [4.69, 9.17) is 34.7 Å². The Morgan fingerprint density at radius 2 is 1.84 bits per heavy atom. The Balaban J connectivity index is 1.38. The van der Waals surface area contributed by atoms with Crippen molar-refractivity contribution in [3.63, 3.8) is 0 Å². The maximum atomic E-state index is 13.6. The Labute approximate surface area is 328 Å². The molecule has 0 bridgehead atoms. The molecule has 0 aromatic carbocycles. The number of carbonyl (C=O) groups excluding carboxylic acids is 2. The second-order valence-corrected chi connectivity index (χ2v) is 17.9. The largest absolute Gasteiger partial charge is 0.472 e. The first-order valence-electron chi connectivity index (χ1n) is 17.1. The molecule has 26 nitrogen and oxygen atoms in total. The number of phosphoric acid groups is 2. The lowest BCUT2D eigenvalue weighted by molar-refractivity contribution is -0.160. The van der Waals surface area contributed by atoms with Gasteiger partial charge in [0.1, 0.15) is 64.2 Å². The Morgan fingerprint density at radius 3 is 2.52 bits per heavy atom. The van der Waals surface area contributed by atoms with E-state index in [-0.39, 0.29) is 42.1 Å². The SMILES string of the molecule is C=CCCC(=O)NC(CCS(C)(=O)=O)C(=O)O[C@H]1[C@@H](O)[C@H](n2cnc3c(N)ncnc32)O[C@@H]1COP(=O)(O)O[C@H]1C[C@H](n2ccc(N)nc2=O)O[C@H]1COP(=O)(O)O. The molecule has 9 N–H and O–H groups in total. The van der Waals surface area contributed by atoms with Crippen molar-refractivity contribution < 1.29 is 74.7 Å². The second-order valence-electron chi connectivity index (χ2n) is 13.0. The van der Waals surface area contributed by atoms with Gasteiger partial charge in [0, 0.05) is 25.3 Å². The van der Waals surface area contributed by atoms with Crippen LogP contribution in [-0.2, 0) is 56.3 Å². The minimum absolute atomic E-state index is 0.0291. The normalized spacial score (nSPS) is 25.3. The van der Waals surface area contributed by atoms with Crippen LogP contribution in [0.4, 0.5) is 11.6 Å². The highest BCUT2D eigenvalue weighted by Gasteiger charge is 2.50. The van der Waals surface area contributed by atoms with Gasteiger partial charge in [-0.2, -0.15) is 4.98 Å². The summed E-state index contributed by atoms with van der Waals surface area (Å²) in [7, 11) is -14.0.